The van der Waals surface area contributed by atoms with Gasteiger partial charge in [0.2, 0.25) is 0 Å². The molecule has 4 heteroatoms. The fourth-order valence-corrected chi connectivity index (χ4v) is 3.46. The predicted octanol–water partition coefficient (Wildman–Crippen LogP) is 4.39. The third kappa shape index (κ3) is 5.03. The van der Waals surface area contributed by atoms with Gasteiger partial charge in [-0.15, -0.1) is 0 Å². The van der Waals surface area contributed by atoms with Gasteiger partial charge < -0.3 is 10.6 Å². The number of likely N-dealkylation sites (tertiary alicyclic amines) is 1. The van der Waals surface area contributed by atoms with Crippen molar-refractivity contribution < 1.29 is 0 Å². The van der Waals surface area contributed by atoms with E-state index in [0.29, 0.717) is 5.11 Å². The van der Waals surface area contributed by atoms with Crippen molar-refractivity contribution in [2.45, 2.75) is 39.8 Å². The number of thiocarbonyl (C=S) groups is 1. The molecule has 1 aliphatic heterocycles. The van der Waals surface area contributed by atoms with E-state index in [1.54, 1.807) is 0 Å². The molecule has 25 heavy (non-hydrogen) atoms. The second kappa shape index (κ2) is 8.45. The zero-order valence-electron chi connectivity index (χ0n) is 15.1. The highest BCUT2D eigenvalue weighted by molar-refractivity contribution is 7.80. The van der Waals surface area contributed by atoms with E-state index in [1.807, 2.05) is 0 Å². The average molecular weight is 354 g/mol. The molecule has 0 spiro atoms. The Kier molecular flexibility index (Phi) is 6.05. The van der Waals surface area contributed by atoms with E-state index in [-0.39, 0.29) is 0 Å². The summed E-state index contributed by atoms with van der Waals surface area (Å²) in [5.41, 5.74) is 6.21. The van der Waals surface area contributed by atoms with Gasteiger partial charge >= 0.3 is 0 Å². The molecule has 2 aromatic carbocycles. The molecular weight excluding hydrogens is 326 g/mol. The molecule has 2 aromatic rings. The Bertz CT molecular complexity index is 736. The molecule has 1 saturated heterocycles. The molecule has 0 amide bonds. The van der Waals surface area contributed by atoms with Crippen LogP contribution in [0.3, 0.4) is 0 Å². The molecule has 3 nitrogen and oxygen atoms in total. The van der Waals surface area contributed by atoms with Crippen molar-refractivity contribution in [1.29, 1.82) is 0 Å². The van der Waals surface area contributed by atoms with E-state index in [2.05, 4.69) is 71.8 Å². The fraction of sp³-hybridized carbons (Fsp3) is 0.381. The van der Waals surface area contributed by atoms with Crippen LogP contribution in [0.15, 0.2) is 42.5 Å². The first-order chi connectivity index (χ1) is 12.1. The second-order valence-electron chi connectivity index (χ2n) is 6.88. The number of hydrogen-bond acceptors (Lipinski definition) is 2. The van der Waals surface area contributed by atoms with Gasteiger partial charge in [-0.25, -0.2) is 0 Å². The smallest absolute Gasteiger partial charge is 0.171 e. The third-order valence-corrected chi connectivity index (χ3v) is 5.04. The van der Waals surface area contributed by atoms with Crippen LogP contribution in [0.25, 0.3) is 0 Å². The summed E-state index contributed by atoms with van der Waals surface area (Å²) in [6.07, 6.45) is 2.65. The van der Waals surface area contributed by atoms with E-state index < -0.39 is 0 Å². The van der Waals surface area contributed by atoms with Crippen LogP contribution < -0.4 is 10.6 Å². The predicted molar refractivity (Wildman–Crippen MR) is 110 cm³/mol. The molecule has 0 radical (unpaired) electrons. The maximum atomic E-state index is 5.49. The average Bonchev–Trinajstić information content (AvgIpc) is 3.10. The van der Waals surface area contributed by atoms with Crippen molar-refractivity contribution in [2.24, 2.45) is 0 Å². The standard InChI is InChI=1S/C21H27N3S/c1-16-9-10-17(2)20(13-16)23-21(25)22-14-18-7-3-4-8-19(18)15-24-11-5-6-12-24/h3-4,7-10,13H,5-6,11-12,14-15H2,1-2H3,(H2,22,23,25). The van der Waals surface area contributed by atoms with Crippen molar-refractivity contribution in [3.05, 3.63) is 64.7 Å². The molecule has 132 valence electrons. The molecule has 0 saturated carbocycles. The Morgan fingerprint density at radius 1 is 1.04 bits per heavy atom. The molecule has 1 fully saturated rings. The lowest BCUT2D eigenvalue weighted by Gasteiger charge is -2.18. The number of benzene rings is 2. The molecule has 0 atom stereocenters. The number of nitrogens with one attached hydrogen (secondary N) is 2. The van der Waals surface area contributed by atoms with Crippen LogP contribution in [0.2, 0.25) is 0 Å². The van der Waals surface area contributed by atoms with E-state index in [4.69, 9.17) is 12.2 Å². The Morgan fingerprint density at radius 2 is 1.76 bits per heavy atom. The van der Waals surface area contributed by atoms with E-state index in [9.17, 15) is 0 Å². The fourth-order valence-electron chi connectivity index (χ4n) is 3.28. The molecular formula is C21H27N3S. The summed E-state index contributed by atoms with van der Waals surface area (Å²) in [5, 5.41) is 7.36. The lowest BCUT2D eigenvalue weighted by atomic mass is 10.1. The number of rotatable bonds is 5. The summed E-state index contributed by atoms with van der Waals surface area (Å²) < 4.78 is 0. The van der Waals surface area contributed by atoms with Crippen LogP contribution in [-0.4, -0.2) is 23.1 Å². The van der Waals surface area contributed by atoms with Crippen molar-refractivity contribution in [3.63, 3.8) is 0 Å². The molecule has 2 N–H and O–H groups in total. The van der Waals surface area contributed by atoms with Crippen molar-refractivity contribution in [1.82, 2.24) is 10.2 Å². The Morgan fingerprint density at radius 3 is 2.52 bits per heavy atom. The first-order valence-electron chi connectivity index (χ1n) is 9.03. The van der Waals surface area contributed by atoms with Gasteiger partial charge in [0.15, 0.2) is 5.11 Å². The van der Waals surface area contributed by atoms with Crippen molar-refractivity contribution in [2.75, 3.05) is 18.4 Å². The topological polar surface area (TPSA) is 27.3 Å². The first-order valence-corrected chi connectivity index (χ1v) is 9.44. The van der Waals surface area contributed by atoms with Gasteiger partial charge in [0.25, 0.3) is 0 Å². The Balaban J connectivity index is 1.59. The monoisotopic (exact) mass is 353 g/mol. The van der Waals surface area contributed by atoms with Crippen LogP contribution in [0.5, 0.6) is 0 Å². The highest BCUT2D eigenvalue weighted by Gasteiger charge is 2.13. The van der Waals surface area contributed by atoms with E-state index in [1.165, 1.54) is 48.2 Å². The molecule has 1 aliphatic rings. The summed E-state index contributed by atoms with van der Waals surface area (Å²) in [6, 6.07) is 15.0. The van der Waals surface area contributed by atoms with Gasteiger partial charge in [-0.05, 0) is 80.3 Å². The van der Waals surface area contributed by atoms with Crippen molar-refractivity contribution >= 4 is 23.0 Å². The van der Waals surface area contributed by atoms with E-state index in [0.717, 1.165) is 18.8 Å². The molecule has 0 unspecified atom stereocenters. The van der Waals surface area contributed by atoms with Crippen LogP contribution in [0.1, 0.15) is 35.1 Å². The van der Waals surface area contributed by atoms with Gasteiger partial charge in [0, 0.05) is 18.8 Å². The summed E-state index contributed by atoms with van der Waals surface area (Å²) in [7, 11) is 0. The van der Waals surface area contributed by atoms with Crippen LogP contribution >= 0.6 is 12.2 Å². The van der Waals surface area contributed by atoms with E-state index >= 15 is 0 Å². The first kappa shape index (κ1) is 17.9. The zero-order valence-corrected chi connectivity index (χ0v) is 16.0. The van der Waals surface area contributed by atoms with Crippen LogP contribution in [-0.2, 0) is 13.1 Å². The van der Waals surface area contributed by atoms with Gasteiger partial charge in [-0.1, -0.05) is 36.4 Å². The minimum Gasteiger partial charge on any atom is -0.358 e. The minimum atomic E-state index is 0.671. The summed E-state index contributed by atoms with van der Waals surface area (Å²) in [6.45, 7) is 8.41. The quantitative estimate of drug-likeness (QED) is 0.780. The number of hydrogen-bond donors (Lipinski definition) is 2. The lowest BCUT2D eigenvalue weighted by molar-refractivity contribution is 0.330. The minimum absolute atomic E-state index is 0.671. The van der Waals surface area contributed by atoms with Gasteiger partial charge in [-0.2, -0.15) is 0 Å². The van der Waals surface area contributed by atoms with Crippen molar-refractivity contribution in [3.8, 4) is 0 Å². The maximum absolute atomic E-state index is 5.49. The van der Waals surface area contributed by atoms with Gasteiger partial charge in [0.05, 0.1) is 0 Å². The Hall–Kier alpha value is -1.91. The van der Waals surface area contributed by atoms with Gasteiger partial charge in [-0.3, -0.25) is 4.90 Å². The third-order valence-electron chi connectivity index (χ3n) is 4.79. The lowest BCUT2D eigenvalue weighted by Crippen LogP contribution is -2.29. The summed E-state index contributed by atoms with van der Waals surface area (Å²) in [4.78, 5) is 2.53. The number of anilines is 1. The molecule has 3 rings (SSSR count). The summed E-state index contributed by atoms with van der Waals surface area (Å²) >= 11 is 5.49. The summed E-state index contributed by atoms with van der Waals surface area (Å²) in [5.74, 6) is 0. The second-order valence-corrected chi connectivity index (χ2v) is 7.29. The molecule has 0 bridgehead atoms. The Labute approximate surface area is 156 Å². The normalized spacial score (nSPS) is 14.5. The SMILES string of the molecule is Cc1ccc(C)c(NC(=S)NCc2ccccc2CN2CCCC2)c1. The van der Waals surface area contributed by atoms with Crippen LogP contribution in [0, 0.1) is 13.8 Å². The largest absolute Gasteiger partial charge is 0.358 e. The maximum Gasteiger partial charge on any atom is 0.171 e. The molecule has 0 aliphatic carbocycles. The zero-order chi connectivity index (χ0) is 17.6. The number of nitrogens with zero attached hydrogens (tertiary/aromatic N) is 1. The van der Waals surface area contributed by atoms with Gasteiger partial charge in [0.1, 0.15) is 0 Å². The highest BCUT2D eigenvalue weighted by Crippen LogP contribution is 2.17. The molecule has 1 heterocycles. The molecule has 0 aromatic heterocycles. The number of aryl methyl sites for hydroxylation is 2. The van der Waals surface area contributed by atoms with Crippen LogP contribution in [0.4, 0.5) is 5.69 Å². The highest BCUT2D eigenvalue weighted by atomic mass is 32.1.